The number of hydrogen-bond acceptors (Lipinski definition) is 5. The molecule has 1 atom stereocenters. The summed E-state index contributed by atoms with van der Waals surface area (Å²) in [6, 6.07) is 6.07. The van der Waals surface area contributed by atoms with Gasteiger partial charge in [-0.1, -0.05) is 6.07 Å². The van der Waals surface area contributed by atoms with Crippen molar-refractivity contribution in [2.75, 3.05) is 26.3 Å². The average molecular weight is 354 g/mol. The second-order valence-electron chi connectivity index (χ2n) is 7.02. The number of aromatic amines is 1. The first-order chi connectivity index (χ1) is 12.8. The second kappa shape index (κ2) is 6.32. The van der Waals surface area contributed by atoms with E-state index in [2.05, 4.69) is 15.5 Å². The predicted molar refractivity (Wildman–Crippen MR) is 94.4 cm³/mol. The number of H-pyrrole nitrogens is 1. The highest BCUT2D eigenvalue weighted by Gasteiger charge is 2.34. The van der Waals surface area contributed by atoms with Gasteiger partial charge in [-0.05, 0) is 30.5 Å². The van der Waals surface area contributed by atoms with Crippen molar-refractivity contribution in [3.05, 3.63) is 40.7 Å². The zero-order valence-electron chi connectivity index (χ0n) is 14.6. The molecule has 1 aromatic carbocycles. The maximum atomic E-state index is 13.2. The zero-order chi connectivity index (χ0) is 17.5. The minimum Gasteiger partial charge on any atom is -0.486 e. The number of rotatable bonds is 2. The third kappa shape index (κ3) is 2.54. The molecule has 1 unspecified atom stereocenters. The SMILES string of the molecule is O=C(c1n[nH]c2c1CNCC2)N1CCCC1c1ccc2c(c1)OCCO2. The number of carbonyl (C=O) groups is 1. The number of carbonyl (C=O) groups excluding carboxylic acids is 1. The molecule has 0 spiro atoms. The molecular formula is C19H22N4O3. The van der Waals surface area contributed by atoms with Gasteiger partial charge in [0.15, 0.2) is 17.2 Å². The standard InChI is InChI=1S/C19H22N4O3/c24-19(18-13-11-20-6-5-14(13)21-22-18)23-7-1-2-15(23)12-3-4-16-17(10-12)26-9-8-25-16/h3-4,10,15,20H,1-2,5-9,11H2,(H,21,22). The molecule has 1 saturated heterocycles. The van der Waals surface area contributed by atoms with E-state index in [-0.39, 0.29) is 11.9 Å². The highest BCUT2D eigenvalue weighted by molar-refractivity contribution is 5.94. The van der Waals surface area contributed by atoms with Crippen molar-refractivity contribution >= 4 is 5.91 Å². The Labute approximate surface area is 151 Å². The molecule has 0 bridgehead atoms. The summed E-state index contributed by atoms with van der Waals surface area (Å²) in [6.45, 7) is 3.53. The second-order valence-corrected chi connectivity index (χ2v) is 7.02. The van der Waals surface area contributed by atoms with E-state index in [1.807, 2.05) is 23.1 Å². The number of amides is 1. The Morgan fingerprint density at radius 1 is 1.23 bits per heavy atom. The Kier molecular flexibility index (Phi) is 3.81. The molecule has 0 saturated carbocycles. The predicted octanol–water partition coefficient (Wildman–Crippen LogP) is 1.80. The van der Waals surface area contributed by atoms with Gasteiger partial charge in [0.1, 0.15) is 13.2 Å². The van der Waals surface area contributed by atoms with E-state index in [0.29, 0.717) is 25.5 Å². The van der Waals surface area contributed by atoms with E-state index < -0.39 is 0 Å². The van der Waals surface area contributed by atoms with Gasteiger partial charge in [-0.25, -0.2) is 0 Å². The van der Waals surface area contributed by atoms with Crippen molar-refractivity contribution in [2.24, 2.45) is 0 Å². The molecule has 0 aliphatic carbocycles. The van der Waals surface area contributed by atoms with Gasteiger partial charge < -0.3 is 19.7 Å². The zero-order valence-corrected chi connectivity index (χ0v) is 14.6. The van der Waals surface area contributed by atoms with Crippen molar-refractivity contribution in [1.29, 1.82) is 0 Å². The number of nitrogens with zero attached hydrogens (tertiary/aromatic N) is 2. The van der Waals surface area contributed by atoms with Crippen LogP contribution >= 0.6 is 0 Å². The van der Waals surface area contributed by atoms with Crippen LogP contribution in [0.3, 0.4) is 0 Å². The molecule has 7 nitrogen and oxygen atoms in total. The fourth-order valence-corrected chi connectivity index (χ4v) is 4.16. The highest BCUT2D eigenvalue weighted by atomic mass is 16.6. The molecule has 2 N–H and O–H groups in total. The van der Waals surface area contributed by atoms with Gasteiger partial charge in [-0.2, -0.15) is 5.10 Å². The fourth-order valence-electron chi connectivity index (χ4n) is 4.16. The van der Waals surface area contributed by atoms with Crippen molar-refractivity contribution in [3.8, 4) is 11.5 Å². The maximum Gasteiger partial charge on any atom is 0.275 e. The molecule has 3 aliphatic rings. The molecule has 7 heteroatoms. The monoisotopic (exact) mass is 354 g/mol. The average Bonchev–Trinajstić information content (AvgIpc) is 3.34. The lowest BCUT2D eigenvalue weighted by Crippen LogP contribution is -2.33. The van der Waals surface area contributed by atoms with Crippen LogP contribution in [-0.4, -0.2) is 47.3 Å². The molecule has 4 heterocycles. The first-order valence-electron chi connectivity index (χ1n) is 9.28. The smallest absolute Gasteiger partial charge is 0.275 e. The summed E-state index contributed by atoms with van der Waals surface area (Å²) in [5.74, 6) is 1.57. The van der Waals surface area contributed by atoms with Crippen LogP contribution in [0.5, 0.6) is 11.5 Å². The third-order valence-electron chi connectivity index (χ3n) is 5.47. The van der Waals surface area contributed by atoms with E-state index >= 15 is 0 Å². The summed E-state index contributed by atoms with van der Waals surface area (Å²) < 4.78 is 11.3. The van der Waals surface area contributed by atoms with Gasteiger partial charge in [-0.3, -0.25) is 9.89 Å². The van der Waals surface area contributed by atoms with Gasteiger partial charge >= 0.3 is 0 Å². The third-order valence-corrected chi connectivity index (χ3v) is 5.47. The lowest BCUT2D eigenvalue weighted by Gasteiger charge is -2.26. The molecule has 1 aromatic heterocycles. The van der Waals surface area contributed by atoms with Gasteiger partial charge in [0.25, 0.3) is 5.91 Å². The van der Waals surface area contributed by atoms with Crippen LogP contribution in [-0.2, 0) is 13.0 Å². The van der Waals surface area contributed by atoms with Gasteiger partial charge in [0, 0.05) is 37.3 Å². The van der Waals surface area contributed by atoms with Crippen LogP contribution in [0.2, 0.25) is 0 Å². The Bertz CT molecular complexity index is 847. The summed E-state index contributed by atoms with van der Waals surface area (Å²) in [6.07, 6.45) is 2.84. The highest BCUT2D eigenvalue weighted by Crippen LogP contribution is 2.38. The van der Waals surface area contributed by atoms with Crippen molar-refractivity contribution in [1.82, 2.24) is 20.4 Å². The first kappa shape index (κ1) is 15.7. The van der Waals surface area contributed by atoms with E-state index in [4.69, 9.17) is 9.47 Å². The fraction of sp³-hybridized carbons (Fsp3) is 0.474. The molecular weight excluding hydrogens is 332 g/mol. The van der Waals surface area contributed by atoms with E-state index in [9.17, 15) is 4.79 Å². The number of fused-ring (bicyclic) bond motifs is 2. The summed E-state index contributed by atoms with van der Waals surface area (Å²) in [5.41, 5.74) is 3.77. The largest absolute Gasteiger partial charge is 0.486 e. The van der Waals surface area contributed by atoms with Crippen LogP contribution in [0, 0.1) is 0 Å². The molecule has 0 radical (unpaired) electrons. The number of nitrogens with one attached hydrogen (secondary N) is 2. The lowest BCUT2D eigenvalue weighted by atomic mass is 10.0. The minimum absolute atomic E-state index is 0.0172. The molecule has 1 fully saturated rings. The van der Waals surface area contributed by atoms with Crippen molar-refractivity contribution in [2.45, 2.75) is 31.8 Å². The molecule has 1 amide bonds. The Morgan fingerprint density at radius 2 is 2.12 bits per heavy atom. The van der Waals surface area contributed by atoms with Gasteiger partial charge in [-0.15, -0.1) is 0 Å². The number of aromatic nitrogens is 2. The topological polar surface area (TPSA) is 79.5 Å². The normalized spacial score (nSPS) is 21.5. The molecule has 3 aliphatic heterocycles. The van der Waals surface area contributed by atoms with Crippen LogP contribution in [0.4, 0.5) is 0 Å². The number of ether oxygens (including phenoxy) is 2. The summed E-state index contributed by atoms with van der Waals surface area (Å²) >= 11 is 0. The van der Waals surface area contributed by atoms with Crippen LogP contribution in [0.25, 0.3) is 0 Å². The van der Waals surface area contributed by atoms with E-state index in [1.54, 1.807) is 0 Å². The summed E-state index contributed by atoms with van der Waals surface area (Å²) in [7, 11) is 0. The van der Waals surface area contributed by atoms with Crippen molar-refractivity contribution in [3.63, 3.8) is 0 Å². The summed E-state index contributed by atoms with van der Waals surface area (Å²) in [5, 5.41) is 10.7. The quantitative estimate of drug-likeness (QED) is 0.860. The molecule has 136 valence electrons. The van der Waals surface area contributed by atoms with Crippen LogP contribution in [0.1, 0.15) is 46.2 Å². The number of likely N-dealkylation sites (tertiary alicyclic amines) is 1. The van der Waals surface area contributed by atoms with Crippen LogP contribution < -0.4 is 14.8 Å². The van der Waals surface area contributed by atoms with E-state index in [0.717, 1.165) is 60.7 Å². The molecule has 5 rings (SSSR count). The van der Waals surface area contributed by atoms with Crippen molar-refractivity contribution < 1.29 is 14.3 Å². The van der Waals surface area contributed by atoms with E-state index in [1.165, 1.54) is 0 Å². The number of benzene rings is 1. The van der Waals surface area contributed by atoms with Gasteiger partial charge in [0.2, 0.25) is 0 Å². The Hall–Kier alpha value is -2.54. The Balaban J connectivity index is 1.44. The van der Waals surface area contributed by atoms with Gasteiger partial charge in [0.05, 0.1) is 6.04 Å². The summed E-state index contributed by atoms with van der Waals surface area (Å²) in [4.78, 5) is 15.2. The number of hydrogen-bond donors (Lipinski definition) is 2. The molecule has 2 aromatic rings. The molecule has 26 heavy (non-hydrogen) atoms. The van der Waals surface area contributed by atoms with Crippen LogP contribution in [0.15, 0.2) is 18.2 Å². The first-order valence-corrected chi connectivity index (χ1v) is 9.28. The minimum atomic E-state index is 0.0172. The Morgan fingerprint density at radius 3 is 3.04 bits per heavy atom. The maximum absolute atomic E-state index is 13.2. The lowest BCUT2D eigenvalue weighted by molar-refractivity contribution is 0.0727.